The van der Waals surface area contributed by atoms with Crippen molar-refractivity contribution in [1.82, 2.24) is 9.88 Å². The number of carbonyl (C=O) groups is 2. The first-order valence-electron chi connectivity index (χ1n) is 9.04. The van der Waals surface area contributed by atoms with Crippen molar-refractivity contribution >= 4 is 17.7 Å². The molecule has 0 atom stereocenters. The van der Waals surface area contributed by atoms with Crippen LogP contribution in [0, 0.1) is 0 Å². The molecule has 1 aliphatic rings. The maximum absolute atomic E-state index is 12.4. The van der Waals surface area contributed by atoms with Gasteiger partial charge in [0.1, 0.15) is 11.6 Å². The van der Waals surface area contributed by atoms with Crippen LogP contribution in [-0.2, 0) is 4.79 Å². The smallest absolute Gasteiger partial charge is 0.354 e. The molecule has 0 radical (unpaired) electrons. The number of aromatic nitrogens is 1. The van der Waals surface area contributed by atoms with Crippen LogP contribution in [0.4, 0.5) is 5.82 Å². The standard InChI is InChI=1S/C20H23N3O4/c24-19(10-5-15-27-16-6-2-1-3-7-16)23-13-11-22(12-14-23)18-9-4-8-17(21-18)20(25)26/h1-4,6-9H,5,10-15H2,(H,25,26). The Kier molecular flexibility index (Phi) is 6.25. The fourth-order valence-corrected chi connectivity index (χ4v) is 2.99. The van der Waals surface area contributed by atoms with Crippen LogP contribution in [-0.4, -0.2) is 59.7 Å². The first-order chi connectivity index (χ1) is 13.1. The van der Waals surface area contributed by atoms with E-state index in [1.807, 2.05) is 40.1 Å². The van der Waals surface area contributed by atoms with Crippen molar-refractivity contribution < 1.29 is 19.4 Å². The minimum atomic E-state index is -1.04. The van der Waals surface area contributed by atoms with Crippen molar-refractivity contribution in [2.24, 2.45) is 0 Å². The van der Waals surface area contributed by atoms with Crippen molar-refractivity contribution in [3.63, 3.8) is 0 Å². The van der Waals surface area contributed by atoms with Gasteiger partial charge in [-0.15, -0.1) is 0 Å². The van der Waals surface area contributed by atoms with Gasteiger partial charge in [-0.1, -0.05) is 24.3 Å². The Morgan fingerprint density at radius 2 is 1.74 bits per heavy atom. The number of carboxylic acid groups (broad SMARTS) is 1. The van der Waals surface area contributed by atoms with Gasteiger partial charge >= 0.3 is 5.97 Å². The Hall–Kier alpha value is -3.09. The second-order valence-electron chi connectivity index (χ2n) is 6.32. The summed E-state index contributed by atoms with van der Waals surface area (Å²) in [6, 6.07) is 14.5. The van der Waals surface area contributed by atoms with Gasteiger partial charge in [-0.3, -0.25) is 4.79 Å². The van der Waals surface area contributed by atoms with Gasteiger partial charge in [0.15, 0.2) is 5.69 Å². The third-order valence-electron chi connectivity index (χ3n) is 4.46. The van der Waals surface area contributed by atoms with Gasteiger partial charge in [0.05, 0.1) is 6.61 Å². The van der Waals surface area contributed by atoms with Crippen LogP contribution in [0.25, 0.3) is 0 Å². The average molecular weight is 369 g/mol. The summed E-state index contributed by atoms with van der Waals surface area (Å²) in [5.74, 6) is 0.537. The van der Waals surface area contributed by atoms with Crippen LogP contribution >= 0.6 is 0 Å². The van der Waals surface area contributed by atoms with E-state index in [-0.39, 0.29) is 11.6 Å². The van der Waals surface area contributed by atoms with E-state index in [4.69, 9.17) is 9.84 Å². The van der Waals surface area contributed by atoms with E-state index in [0.29, 0.717) is 51.4 Å². The second kappa shape index (κ2) is 9.02. The van der Waals surface area contributed by atoms with Gasteiger partial charge in [-0.25, -0.2) is 9.78 Å². The summed E-state index contributed by atoms with van der Waals surface area (Å²) < 4.78 is 5.61. The van der Waals surface area contributed by atoms with Crippen molar-refractivity contribution in [3.8, 4) is 5.75 Å². The molecule has 1 amide bonds. The number of anilines is 1. The van der Waals surface area contributed by atoms with Gasteiger partial charge in [-0.2, -0.15) is 0 Å². The largest absolute Gasteiger partial charge is 0.494 e. The van der Waals surface area contributed by atoms with E-state index in [1.54, 1.807) is 12.1 Å². The molecular formula is C20H23N3O4. The zero-order valence-electron chi connectivity index (χ0n) is 15.1. The fourth-order valence-electron chi connectivity index (χ4n) is 2.99. The van der Waals surface area contributed by atoms with E-state index >= 15 is 0 Å². The number of benzene rings is 1. The highest BCUT2D eigenvalue weighted by Gasteiger charge is 2.22. The van der Waals surface area contributed by atoms with Crippen molar-refractivity contribution in [3.05, 3.63) is 54.2 Å². The minimum absolute atomic E-state index is 0.0319. The highest BCUT2D eigenvalue weighted by atomic mass is 16.5. The normalized spacial score (nSPS) is 14.1. The number of piperazine rings is 1. The number of hydrogen-bond acceptors (Lipinski definition) is 5. The number of amides is 1. The Balaban J connectivity index is 1.41. The molecule has 3 rings (SSSR count). The van der Waals surface area contributed by atoms with Gasteiger partial charge in [0.2, 0.25) is 5.91 Å². The van der Waals surface area contributed by atoms with Crippen LogP contribution in [0.15, 0.2) is 48.5 Å². The molecule has 142 valence electrons. The SMILES string of the molecule is O=C(O)c1cccc(N2CCN(C(=O)CCCOc3ccccc3)CC2)n1. The van der Waals surface area contributed by atoms with Crippen LogP contribution < -0.4 is 9.64 Å². The van der Waals surface area contributed by atoms with Crippen LogP contribution in [0.1, 0.15) is 23.3 Å². The molecule has 1 fully saturated rings. The lowest BCUT2D eigenvalue weighted by atomic mass is 10.2. The molecule has 1 aromatic heterocycles. The number of aromatic carboxylic acids is 1. The number of hydrogen-bond donors (Lipinski definition) is 1. The lowest BCUT2D eigenvalue weighted by molar-refractivity contribution is -0.131. The molecule has 27 heavy (non-hydrogen) atoms. The number of rotatable bonds is 7. The molecule has 2 heterocycles. The third-order valence-corrected chi connectivity index (χ3v) is 4.46. The number of ether oxygens (including phenoxy) is 1. The number of pyridine rings is 1. The van der Waals surface area contributed by atoms with E-state index in [0.717, 1.165) is 5.75 Å². The molecule has 0 bridgehead atoms. The van der Waals surface area contributed by atoms with Crippen LogP contribution in [0.5, 0.6) is 5.75 Å². The maximum Gasteiger partial charge on any atom is 0.354 e. The van der Waals surface area contributed by atoms with Gasteiger partial charge in [0.25, 0.3) is 0 Å². The Bertz CT molecular complexity index is 774. The van der Waals surface area contributed by atoms with Crippen molar-refractivity contribution in [2.45, 2.75) is 12.8 Å². The van der Waals surface area contributed by atoms with Crippen molar-refractivity contribution in [1.29, 1.82) is 0 Å². The molecule has 2 aromatic rings. The molecule has 1 aromatic carbocycles. The summed E-state index contributed by atoms with van der Waals surface area (Å²) in [7, 11) is 0. The number of para-hydroxylation sites is 1. The third kappa shape index (κ3) is 5.20. The van der Waals surface area contributed by atoms with Gasteiger partial charge in [0, 0.05) is 32.6 Å². The number of carboxylic acids is 1. The van der Waals surface area contributed by atoms with Crippen LogP contribution in [0.2, 0.25) is 0 Å². The molecule has 0 unspecified atom stereocenters. The number of nitrogens with zero attached hydrogens (tertiary/aromatic N) is 3. The second-order valence-corrected chi connectivity index (χ2v) is 6.32. The monoisotopic (exact) mass is 369 g/mol. The summed E-state index contributed by atoms with van der Waals surface area (Å²) in [5.41, 5.74) is 0.0319. The molecule has 1 N–H and O–H groups in total. The molecular weight excluding hydrogens is 346 g/mol. The Morgan fingerprint density at radius 3 is 2.44 bits per heavy atom. The Labute approximate surface area is 158 Å². The first kappa shape index (κ1) is 18.7. The summed E-state index contributed by atoms with van der Waals surface area (Å²) in [6.45, 7) is 3.01. The molecule has 7 nitrogen and oxygen atoms in total. The van der Waals surface area contributed by atoms with Crippen LogP contribution in [0.3, 0.4) is 0 Å². The highest BCUT2D eigenvalue weighted by Crippen LogP contribution is 2.15. The summed E-state index contributed by atoms with van der Waals surface area (Å²) in [6.07, 6.45) is 1.13. The minimum Gasteiger partial charge on any atom is -0.494 e. The predicted molar refractivity (Wildman–Crippen MR) is 101 cm³/mol. The van der Waals surface area contributed by atoms with E-state index < -0.39 is 5.97 Å². The average Bonchev–Trinajstić information content (AvgIpc) is 2.72. The lowest BCUT2D eigenvalue weighted by Gasteiger charge is -2.35. The maximum atomic E-state index is 12.4. The summed E-state index contributed by atoms with van der Waals surface area (Å²) in [4.78, 5) is 31.4. The van der Waals surface area contributed by atoms with Crippen molar-refractivity contribution in [2.75, 3.05) is 37.7 Å². The topological polar surface area (TPSA) is 83.0 Å². The van der Waals surface area contributed by atoms with E-state index in [2.05, 4.69) is 4.98 Å². The number of carbonyl (C=O) groups excluding carboxylic acids is 1. The zero-order chi connectivity index (χ0) is 19.1. The Morgan fingerprint density at radius 1 is 1.00 bits per heavy atom. The highest BCUT2D eigenvalue weighted by molar-refractivity contribution is 5.85. The van der Waals surface area contributed by atoms with E-state index in [1.165, 1.54) is 6.07 Å². The molecule has 1 aliphatic heterocycles. The molecule has 0 spiro atoms. The first-order valence-corrected chi connectivity index (χ1v) is 9.04. The quantitative estimate of drug-likeness (QED) is 0.754. The van der Waals surface area contributed by atoms with E-state index in [9.17, 15) is 9.59 Å². The lowest BCUT2D eigenvalue weighted by Crippen LogP contribution is -2.49. The summed E-state index contributed by atoms with van der Waals surface area (Å²) in [5, 5.41) is 9.05. The summed E-state index contributed by atoms with van der Waals surface area (Å²) >= 11 is 0. The molecule has 0 aliphatic carbocycles. The predicted octanol–water partition coefficient (Wildman–Crippen LogP) is 2.29. The van der Waals surface area contributed by atoms with Gasteiger partial charge < -0.3 is 19.6 Å². The molecule has 7 heteroatoms. The van der Waals surface area contributed by atoms with Gasteiger partial charge in [-0.05, 0) is 30.7 Å². The fraction of sp³-hybridized carbons (Fsp3) is 0.350. The zero-order valence-corrected chi connectivity index (χ0v) is 15.1. The molecule has 1 saturated heterocycles. The molecule has 0 saturated carbocycles.